The fraction of sp³-hybridized carbons (Fsp3) is 0.500. The number of carbonyl (C=O) groups is 1. The van der Waals surface area contributed by atoms with Gasteiger partial charge in [-0.3, -0.25) is 4.79 Å². The molecule has 1 fully saturated rings. The number of aromatic hydroxyl groups is 1. The molecule has 0 radical (unpaired) electrons. The first-order valence-corrected chi connectivity index (χ1v) is 9.11. The first-order chi connectivity index (χ1) is 11.6. The highest BCUT2D eigenvalue weighted by Crippen LogP contribution is 2.40. The fourth-order valence-corrected chi connectivity index (χ4v) is 2.92. The second kappa shape index (κ2) is 7.44. The summed E-state index contributed by atoms with van der Waals surface area (Å²) in [7, 11) is 0.989. The van der Waals surface area contributed by atoms with Crippen LogP contribution < -0.4 is 4.74 Å². The van der Waals surface area contributed by atoms with Crippen LogP contribution in [0.25, 0.3) is 6.08 Å². The predicted octanol–water partition coefficient (Wildman–Crippen LogP) is 3.70. The summed E-state index contributed by atoms with van der Waals surface area (Å²) in [6.07, 6.45) is 1.80. The zero-order chi connectivity index (χ0) is 18.8. The molecule has 7 heteroatoms. The molecular formula is C18H25BO5S. The Hall–Kier alpha value is -1.44. The van der Waals surface area contributed by atoms with Crippen molar-refractivity contribution in [1.82, 2.24) is 0 Å². The third kappa shape index (κ3) is 4.60. The molecule has 1 aromatic rings. The molecule has 1 N–H and O–H groups in total. The lowest BCUT2D eigenvalue weighted by Crippen LogP contribution is -2.41. The van der Waals surface area contributed by atoms with E-state index in [0.29, 0.717) is 17.1 Å². The van der Waals surface area contributed by atoms with E-state index in [1.54, 1.807) is 31.4 Å². The van der Waals surface area contributed by atoms with Gasteiger partial charge in [0, 0.05) is 18.2 Å². The summed E-state index contributed by atoms with van der Waals surface area (Å²) in [5, 5.41) is 10.2. The average Bonchev–Trinajstić information content (AvgIpc) is 2.73. The molecule has 1 heterocycles. The number of ether oxygens (including phenoxy) is 1. The average molecular weight is 364 g/mol. The third-order valence-electron chi connectivity index (χ3n) is 4.57. The Bertz CT molecular complexity index is 668. The van der Waals surface area contributed by atoms with Crippen LogP contribution in [0.4, 0.5) is 0 Å². The van der Waals surface area contributed by atoms with E-state index in [1.807, 2.05) is 27.7 Å². The van der Waals surface area contributed by atoms with Crippen LogP contribution in [0.2, 0.25) is 0 Å². The predicted molar refractivity (Wildman–Crippen MR) is 102 cm³/mol. The molecule has 1 aromatic carbocycles. The van der Waals surface area contributed by atoms with E-state index in [1.165, 1.54) is 18.7 Å². The first-order valence-electron chi connectivity index (χ1n) is 8.12. The van der Waals surface area contributed by atoms with E-state index >= 15 is 0 Å². The molecule has 0 bridgehead atoms. The van der Waals surface area contributed by atoms with Gasteiger partial charge in [0.1, 0.15) is 11.5 Å². The van der Waals surface area contributed by atoms with E-state index in [0.717, 1.165) is 5.47 Å². The van der Waals surface area contributed by atoms with Crippen molar-refractivity contribution in [2.75, 3.05) is 12.9 Å². The molecule has 0 atom stereocenters. The van der Waals surface area contributed by atoms with Gasteiger partial charge in [-0.15, -0.1) is 0 Å². The molecule has 0 spiro atoms. The Morgan fingerprint density at radius 2 is 1.88 bits per heavy atom. The minimum Gasteiger partial charge on any atom is -0.507 e. The fourth-order valence-electron chi connectivity index (χ4n) is 2.33. The van der Waals surface area contributed by atoms with Gasteiger partial charge in [-0.05, 0) is 51.4 Å². The summed E-state index contributed by atoms with van der Waals surface area (Å²) in [5.74, 6) is 1.18. The number of phenolic OH excluding ortho intramolecular Hbond substituents is 1. The van der Waals surface area contributed by atoms with E-state index in [2.05, 4.69) is 0 Å². The van der Waals surface area contributed by atoms with Crippen LogP contribution in [-0.2, 0) is 14.1 Å². The molecule has 1 saturated heterocycles. The maximum absolute atomic E-state index is 11.4. The van der Waals surface area contributed by atoms with E-state index in [4.69, 9.17) is 14.0 Å². The van der Waals surface area contributed by atoms with Gasteiger partial charge in [0.05, 0.1) is 18.3 Å². The Morgan fingerprint density at radius 1 is 1.28 bits per heavy atom. The van der Waals surface area contributed by atoms with Crippen molar-refractivity contribution in [3.63, 3.8) is 0 Å². The zero-order valence-corrected chi connectivity index (χ0v) is 16.4. The normalized spacial score (nSPS) is 19.1. The van der Waals surface area contributed by atoms with Crippen molar-refractivity contribution in [3.05, 3.63) is 29.2 Å². The number of carbonyl (C=O) groups excluding carboxylic acids is 1. The van der Waals surface area contributed by atoms with Crippen LogP contribution in [0.3, 0.4) is 0 Å². The van der Waals surface area contributed by atoms with Gasteiger partial charge >= 0.3 is 7.12 Å². The lowest BCUT2D eigenvalue weighted by atomic mass is 9.78. The van der Waals surface area contributed by atoms with Gasteiger partial charge in [0.15, 0.2) is 5.12 Å². The van der Waals surface area contributed by atoms with Gasteiger partial charge in [0.25, 0.3) is 0 Å². The van der Waals surface area contributed by atoms with Crippen LogP contribution in [0.5, 0.6) is 11.5 Å². The lowest BCUT2D eigenvalue weighted by molar-refractivity contribution is -0.109. The molecule has 0 aromatic heterocycles. The Labute approximate surface area is 153 Å². The van der Waals surface area contributed by atoms with Crippen molar-refractivity contribution in [3.8, 4) is 11.5 Å². The van der Waals surface area contributed by atoms with Crippen molar-refractivity contribution in [2.24, 2.45) is 0 Å². The standard InChI is InChI=1S/C18H25BO5S/c1-12(20)25-11-14(19-23-17(2,3)18(4,5)24-19)9-13-10-15(22-6)7-8-16(13)21/h7-10,21H,11H2,1-6H3. The first kappa shape index (κ1) is 19.9. The van der Waals surface area contributed by atoms with Gasteiger partial charge < -0.3 is 19.2 Å². The molecule has 0 amide bonds. The van der Waals surface area contributed by atoms with E-state index in [-0.39, 0.29) is 10.9 Å². The molecule has 0 unspecified atom stereocenters. The second-order valence-electron chi connectivity index (χ2n) is 7.01. The largest absolute Gasteiger partial charge is 0.507 e. The molecule has 2 rings (SSSR count). The monoisotopic (exact) mass is 364 g/mol. The molecular weight excluding hydrogens is 339 g/mol. The molecule has 25 heavy (non-hydrogen) atoms. The SMILES string of the molecule is COc1ccc(O)c(C=C(CSC(C)=O)B2OC(C)(C)C(C)(C)O2)c1. The smallest absolute Gasteiger partial charge is 0.491 e. The summed E-state index contributed by atoms with van der Waals surface area (Å²) < 4.78 is 17.4. The maximum atomic E-state index is 11.4. The summed E-state index contributed by atoms with van der Waals surface area (Å²) in [6.45, 7) is 9.44. The minimum atomic E-state index is -0.581. The van der Waals surface area contributed by atoms with Crippen LogP contribution in [0.1, 0.15) is 40.2 Å². The van der Waals surface area contributed by atoms with Gasteiger partial charge in [-0.2, -0.15) is 0 Å². The second-order valence-corrected chi connectivity index (χ2v) is 8.16. The Morgan fingerprint density at radius 3 is 2.40 bits per heavy atom. The topological polar surface area (TPSA) is 65.0 Å². The number of thioether (sulfide) groups is 1. The van der Waals surface area contributed by atoms with Crippen molar-refractivity contribution >= 4 is 30.1 Å². The van der Waals surface area contributed by atoms with Crippen molar-refractivity contribution < 1.29 is 23.9 Å². The van der Waals surface area contributed by atoms with Crippen molar-refractivity contribution in [2.45, 2.75) is 45.8 Å². The molecule has 0 saturated carbocycles. The summed E-state index contributed by atoms with van der Waals surface area (Å²) in [6, 6.07) is 5.00. The molecule has 1 aliphatic heterocycles. The summed E-state index contributed by atoms with van der Waals surface area (Å²) in [4.78, 5) is 11.4. The molecule has 1 aliphatic rings. The lowest BCUT2D eigenvalue weighted by Gasteiger charge is -2.32. The van der Waals surface area contributed by atoms with E-state index in [9.17, 15) is 9.90 Å². The summed E-state index contributed by atoms with van der Waals surface area (Å²) in [5.41, 5.74) is 0.415. The van der Waals surface area contributed by atoms with Crippen LogP contribution in [-0.4, -0.2) is 41.4 Å². The Balaban J connectivity index is 2.38. The quantitative estimate of drug-likeness (QED) is 0.804. The Kier molecular flexibility index (Phi) is 5.91. The number of hydrogen-bond acceptors (Lipinski definition) is 6. The van der Waals surface area contributed by atoms with Crippen molar-refractivity contribution in [1.29, 1.82) is 0 Å². The highest BCUT2D eigenvalue weighted by molar-refractivity contribution is 8.13. The van der Waals surface area contributed by atoms with Gasteiger partial charge in [-0.1, -0.05) is 17.8 Å². The van der Waals surface area contributed by atoms with Crippen LogP contribution in [0, 0.1) is 0 Å². The zero-order valence-electron chi connectivity index (χ0n) is 15.6. The molecule has 5 nitrogen and oxygen atoms in total. The highest BCUT2D eigenvalue weighted by atomic mass is 32.2. The van der Waals surface area contributed by atoms with Gasteiger partial charge in [0.2, 0.25) is 0 Å². The third-order valence-corrected chi connectivity index (χ3v) is 5.46. The van der Waals surface area contributed by atoms with E-state index < -0.39 is 18.3 Å². The number of rotatable bonds is 5. The van der Waals surface area contributed by atoms with Crippen LogP contribution >= 0.6 is 11.8 Å². The highest BCUT2D eigenvalue weighted by Gasteiger charge is 2.52. The molecule has 0 aliphatic carbocycles. The summed E-state index contributed by atoms with van der Waals surface area (Å²) >= 11 is 1.18. The number of benzene rings is 1. The minimum absolute atomic E-state index is 0.0114. The number of phenols is 1. The molecule has 136 valence electrons. The maximum Gasteiger partial charge on any atom is 0.491 e. The van der Waals surface area contributed by atoms with Crippen LogP contribution in [0.15, 0.2) is 23.7 Å². The number of hydrogen-bond donors (Lipinski definition) is 1. The van der Waals surface area contributed by atoms with Gasteiger partial charge in [-0.25, -0.2) is 0 Å². The number of methoxy groups -OCH3 is 1.